The zero-order valence-electron chi connectivity index (χ0n) is 11.4. The molecule has 1 amide bonds. The minimum Gasteiger partial charge on any atom is -0.341 e. The molecule has 4 nitrogen and oxygen atoms in total. The molecule has 100 valence electrons. The number of carbonyl (C=O) groups is 1. The topological polar surface area (TPSA) is 37.3 Å². The Morgan fingerprint density at radius 3 is 2.22 bits per heavy atom. The van der Waals surface area contributed by atoms with Crippen molar-refractivity contribution in [3.05, 3.63) is 23.5 Å². The lowest BCUT2D eigenvalue weighted by Crippen LogP contribution is -2.38. The number of rotatable bonds is 3. The summed E-state index contributed by atoms with van der Waals surface area (Å²) in [7, 11) is 0. The van der Waals surface area contributed by atoms with Crippen LogP contribution in [0.25, 0.3) is 0 Å². The van der Waals surface area contributed by atoms with Crippen LogP contribution in [-0.2, 0) is 4.79 Å². The Morgan fingerprint density at radius 1 is 1.11 bits per heavy atom. The van der Waals surface area contributed by atoms with Crippen molar-refractivity contribution in [3.8, 4) is 0 Å². The molecule has 1 fully saturated rings. The molecular formula is C14H23N3O. The van der Waals surface area contributed by atoms with Crippen molar-refractivity contribution in [2.24, 2.45) is 0 Å². The van der Waals surface area contributed by atoms with Crippen LogP contribution < -0.4 is 5.43 Å². The Bertz CT molecular complexity index is 384. The van der Waals surface area contributed by atoms with Crippen molar-refractivity contribution in [1.29, 1.82) is 0 Å². The van der Waals surface area contributed by atoms with E-state index in [1.807, 2.05) is 23.4 Å². The molecule has 4 heteroatoms. The fraction of sp³-hybridized carbons (Fsp3) is 0.643. The minimum atomic E-state index is 0.212. The molecule has 1 aromatic rings. The first-order valence-electron chi connectivity index (χ1n) is 6.85. The van der Waals surface area contributed by atoms with Crippen LogP contribution in [0.4, 0.5) is 0 Å². The highest BCUT2D eigenvalue weighted by Gasteiger charge is 2.15. The van der Waals surface area contributed by atoms with Crippen LogP contribution in [0.15, 0.2) is 12.1 Å². The van der Waals surface area contributed by atoms with Gasteiger partial charge in [0.25, 0.3) is 0 Å². The van der Waals surface area contributed by atoms with Gasteiger partial charge in [-0.1, -0.05) is 12.8 Å². The average Bonchev–Trinajstić information content (AvgIpc) is 2.61. The summed E-state index contributed by atoms with van der Waals surface area (Å²) in [4.78, 5) is 14.1. The number of likely N-dealkylation sites (tertiary alicyclic amines) is 1. The summed E-state index contributed by atoms with van der Waals surface area (Å²) in [6, 6.07) is 4.11. The Hall–Kier alpha value is -1.45. The molecule has 1 aromatic heterocycles. The smallest absolute Gasteiger partial charge is 0.243 e. The summed E-state index contributed by atoms with van der Waals surface area (Å²) in [6.07, 6.45) is 4.81. The van der Waals surface area contributed by atoms with Gasteiger partial charge in [0, 0.05) is 24.5 Å². The number of aromatic nitrogens is 1. The quantitative estimate of drug-likeness (QED) is 0.890. The second kappa shape index (κ2) is 5.94. The third-order valence-electron chi connectivity index (χ3n) is 3.62. The predicted octanol–water partition coefficient (Wildman–Crippen LogP) is 2.05. The monoisotopic (exact) mass is 249 g/mol. The molecule has 0 atom stereocenters. The lowest BCUT2D eigenvalue weighted by Gasteiger charge is -2.21. The minimum absolute atomic E-state index is 0.212. The molecule has 18 heavy (non-hydrogen) atoms. The van der Waals surface area contributed by atoms with E-state index in [0.717, 1.165) is 37.3 Å². The van der Waals surface area contributed by atoms with E-state index in [0.29, 0.717) is 6.54 Å². The van der Waals surface area contributed by atoms with E-state index in [2.05, 4.69) is 17.6 Å². The zero-order valence-corrected chi connectivity index (χ0v) is 11.4. The summed E-state index contributed by atoms with van der Waals surface area (Å²) in [5, 5.41) is 0. The number of nitrogens with zero attached hydrogens (tertiary/aromatic N) is 2. The number of nitrogens with one attached hydrogen (secondary N) is 1. The third-order valence-corrected chi connectivity index (χ3v) is 3.62. The van der Waals surface area contributed by atoms with E-state index in [4.69, 9.17) is 0 Å². The van der Waals surface area contributed by atoms with Gasteiger partial charge in [-0.15, -0.1) is 0 Å². The fourth-order valence-electron chi connectivity index (χ4n) is 2.50. The molecule has 0 aromatic carbocycles. The van der Waals surface area contributed by atoms with Crippen LogP contribution in [0.1, 0.15) is 37.1 Å². The van der Waals surface area contributed by atoms with E-state index < -0.39 is 0 Å². The standard InChI is InChI=1S/C14H23N3O/c1-12-7-8-13(2)17(12)15-11-14(18)16-9-5-3-4-6-10-16/h7-8,15H,3-6,9-11H2,1-2H3. The molecule has 1 aliphatic rings. The first-order valence-corrected chi connectivity index (χ1v) is 6.85. The summed E-state index contributed by atoms with van der Waals surface area (Å²) >= 11 is 0. The van der Waals surface area contributed by atoms with Crippen LogP contribution in [0, 0.1) is 13.8 Å². The van der Waals surface area contributed by atoms with Gasteiger partial charge in [0.1, 0.15) is 6.54 Å². The maximum Gasteiger partial charge on any atom is 0.243 e. The predicted molar refractivity (Wildman–Crippen MR) is 73.2 cm³/mol. The van der Waals surface area contributed by atoms with E-state index in [1.54, 1.807) is 0 Å². The zero-order chi connectivity index (χ0) is 13.0. The molecule has 0 unspecified atom stereocenters. The number of hydrogen-bond acceptors (Lipinski definition) is 2. The maximum atomic E-state index is 12.1. The second-order valence-electron chi connectivity index (χ2n) is 5.08. The number of hydrogen-bond donors (Lipinski definition) is 1. The third kappa shape index (κ3) is 3.06. The Balaban J connectivity index is 1.87. The Labute approximate surface area is 109 Å². The van der Waals surface area contributed by atoms with Gasteiger partial charge in [-0.3, -0.25) is 9.47 Å². The molecule has 2 rings (SSSR count). The SMILES string of the molecule is Cc1ccc(C)n1NCC(=O)N1CCCCCC1. The van der Waals surface area contributed by atoms with Crippen molar-refractivity contribution in [3.63, 3.8) is 0 Å². The Morgan fingerprint density at radius 2 is 1.67 bits per heavy atom. The van der Waals surface area contributed by atoms with Gasteiger partial charge in [0.05, 0.1) is 0 Å². The van der Waals surface area contributed by atoms with E-state index in [9.17, 15) is 4.79 Å². The Kier molecular flexibility index (Phi) is 4.28. The first kappa shape index (κ1) is 13.0. The molecule has 0 bridgehead atoms. The molecule has 1 saturated heterocycles. The maximum absolute atomic E-state index is 12.1. The van der Waals surface area contributed by atoms with Crippen molar-refractivity contribution >= 4 is 5.91 Å². The van der Waals surface area contributed by atoms with Gasteiger partial charge in [-0.2, -0.15) is 0 Å². The fourth-order valence-corrected chi connectivity index (χ4v) is 2.50. The summed E-state index contributed by atoms with van der Waals surface area (Å²) in [5.41, 5.74) is 5.47. The highest BCUT2D eigenvalue weighted by atomic mass is 16.2. The van der Waals surface area contributed by atoms with E-state index in [1.165, 1.54) is 12.8 Å². The summed E-state index contributed by atoms with van der Waals surface area (Å²) in [5.74, 6) is 0.212. The number of amides is 1. The van der Waals surface area contributed by atoms with E-state index >= 15 is 0 Å². The second-order valence-corrected chi connectivity index (χ2v) is 5.08. The lowest BCUT2D eigenvalue weighted by atomic mass is 10.2. The molecule has 0 saturated carbocycles. The lowest BCUT2D eigenvalue weighted by molar-refractivity contribution is -0.129. The molecule has 0 spiro atoms. The molecule has 0 radical (unpaired) electrons. The van der Waals surface area contributed by atoms with E-state index in [-0.39, 0.29) is 5.91 Å². The molecule has 1 aliphatic heterocycles. The molecule has 1 N–H and O–H groups in total. The van der Waals surface area contributed by atoms with Crippen molar-refractivity contribution in [1.82, 2.24) is 9.58 Å². The first-order chi connectivity index (χ1) is 8.68. The van der Waals surface area contributed by atoms with Gasteiger partial charge < -0.3 is 10.3 Å². The average molecular weight is 249 g/mol. The van der Waals surface area contributed by atoms with Gasteiger partial charge in [0.15, 0.2) is 0 Å². The highest BCUT2D eigenvalue weighted by Crippen LogP contribution is 2.10. The normalized spacial score (nSPS) is 16.4. The number of carbonyl (C=O) groups excluding carboxylic acids is 1. The van der Waals surface area contributed by atoms with Crippen molar-refractivity contribution in [2.45, 2.75) is 39.5 Å². The van der Waals surface area contributed by atoms with Crippen LogP contribution in [0.3, 0.4) is 0 Å². The molecule has 0 aliphatic carbocycles. The highest BCUT2D eigenvalue weighted by molar-refractivity contribution is 5.79. The van der Waals surface area contributed by atoms with Gasteiger partial charge in [0.2, 0.25) is 5.91 Å². The summed E-state index contributed by atoms with van der Waals surface area (Å²) < 4.78 is 1.98. The van der Waals surface area contributed by atoms with Crippen molar-refractivity contribution in [2.75, 3.05) is 25.1 Å². The van der Waals surface area contributed by atoms with Crippen LogP contribution in [0.2, 0.25) is 0 Å². The van der Waals surface area contributed by atoms with Crippen LogP contribution >= 0.6 is 0 Å². The van der Waals surface area contributed by atoms with Gasteiger partial charge in [-0.05, 0) is 38.8 Å². The van der Waals surface area contributed by atoms with Crippen LogP contribution in [-0.4, -0.2) is 35.1 Å². The van der Waals surface area contributed by atoms with Gasteiger partial charge >= 0.3 is 0 Å². The van der Waals surface area contributed by atoms with Crippen molar-refractivity contribution < 1.29 is 4.79 Å². The number of aryl methyl sites for hydroxylation is 2. The molecular weight excluding hydrogens is 226 g/mol. The largest absolute Gasteiger partial charge is 0.341 e. The van der Waals surface area contributed by atoms with Crippen LogP contribution in [0.5, 0.6) is 0 Å². The molecule has 2 heterocycles. The van der Waals surface area contributed by atoms with Gasteiger partial charge in [-0.25, -0.2) is 0 Å². The summed E-state index contributed by atoms with van der Waals surface area (Å²) in [6.45, 7) is 6.30.